The highest BCUT2D eigenvalue weighted by Crippen LogP contribution is 2.35. The molecule has 0 spiro atoms. The van der Waals surface area contributed by atoms with Crippen molar-refractivity contribution in [1.82, 2.24) is 4.98 Å². The third-order valence-corrected chi connectivity index (χ3v) is 5.19. The van der Waals surface area contributed by atoms with Crippen LogP contribution in [0.25, 0.3) is 22.6 Å². The minimum Gasteiger partial charge on any atom is -0.497 e. The van der Waals surface area contributed by atoms with Gasteiger partial charge in [0.25, 0.3) is 5.89 Å². The molecule has 1 aromatic heterocycles. The van der Waals surface area contributed by atoms with E-state index in [1.807, 2.05) is 92.7 Å². The molecular weight excluding hydrogens is 414 g/mol. The van der Waals surface area contributed by atoms with E-state index in [-0.39, 0.29) is 17.6 Å². The summed E-state index contributed by atoms with van der Waals surface area (Å²) < 4.78 is 17.2. The van der Waals surface area contributed by atoms with Crippen LogP contribution in [-0.2, 0) is 6.61 Å². The second kappa shape index (κ2) is 10.2. The van der Waals surface area contributed by atoms with E-state index in [1.54, 1.807) is 7.11 Å². The van der Waals surface area contributed by atoms with Gasteiger partial charge in [-0.3, -0.25) is 4.79 Å². The maximum Gasteiger partial charge on any atom is 0.264 e. The molecule has 5 nitrogen and oxygen atoms in total. The van der Waals surface area contributed by atoms with Gasteiger partial charge in [0.15, 0.2) is 5.76 Å². The number of rotatable bonds is 9. The maximum absolute atomic E-state index is 12.7. The maximum atomic E-state index is 12.7. The Morgan fingerprint density at radius 2 is 1.52 bits per heavy atom. The molecule has 168 valence electrons. The number of carbonyl (C=O) groups excluding carboxylic acids is 1. The molecule has 0 radical (unpaired) electrons. The molecule has 0 saturated heterocycles. The average Bonchev–Trinajstić information content (AvgIpc) is 3.29. The molecule has 0 aliphatic heterocycles. The summed E-state index contributed by atoms with van der Waals surface area (Å²) >= 11 is 0. The van der Waals surface area contributed by atoms with Gasteiger partial charge in [-0.15, -0.1) is 0 Å². The molecule has 0 saturated carbocycles. The molecule has 0 aliphatic carbocycles. The molecular formula is C28H27NO4. The summed E-state index contributed by atoms with van der Waals surface area (Å²) in [5, 5.41) is 0. The Bertz CT molecular complexity index is 1190. The zero-order valence-electron chi connectivity index (χ0n) is 19.1. The van der Waals surface area contributed by atoms with Crippen molar-refractivity contribution in [2.24, 2.45) is 5.92 Å². The van der Waals surface area contributed by atoms with E-state index >= 15 is 0 Å². The summed E-state index contributed by atoms with van der Waals surface area (Å²) in [6.07, 6.45) is 0.383. The number of ether oxygens (including phenoxy) is 2. The monoisotopic (exact) mass is 441 g/mol. The van der Waals surface area contributed by atoms with Gasteiger partial charge in [-0.1, -0.05) is 44.2 Å². The second-order valence-corrected chi connectivity index (χ2v) is 8.25. The number of Topliss-reactive ketones (excluding diaryl/α,β-unsaturated/α-hetero) is 1. The number of aromatic nitrogens is 1. The first-order valence-corrected chi connectivity index (χ1v) is 11.0. The highest BCUT2D eigenvalue weighted by atomic mass is 16.5. The van der Waals surface area contributed by atoms with E-state index in [0.717, 1.165) is 28.2 Å². The minimum absolute atomic E-state index is 0.103. The standard InChI is InChI=1S/C28H27NO4/c1-19(2)17-25(30)28-29-26(21-9-13-23(31-3)14-10-21)27(33-28)22-11-15-24(16-12-22)32-18-20-7-5-4-6-8-20/h4-16,19H,17-18H2,1-3H3. The fourth-order valence-corrected chi connectivity index (χ4v) is 3.48. The second-order valence-electron chi connectivity index (χ2n) is 8.25. The highest BCUT2D eigenvalue weighted by Gasteiger charge is 2.22. The van der Waals surface area contributed by atoms with Gasteiger partial charge in [-0.25, -0.2) is 4.98 Å². The lowest BCUT2D eigenvalue weighted by Crippen LogP contribution is -2.03. The number of carbonyl (C=O) groups is 1. The number of hydrogen-bond acceptors (Lipinski definition) is 5. The Balaban J connectivity index is 1.63. The molecule has 0 bridgehead atoms. The van der Waals surface area contributed by atoms with Crippen LogP contribution in [-0.4, -0.2) is 17.9 Å². The van der Waals surface area contributed by atoms with Crippen LogP contribution < -0.4 is 9.47 Å². The fourth-order valence-electron chi connectivity index (χ4n) is 3.48. The summed E-state index contributed by atoms with van der Waals surface area (Å²) in [4.78, 5) is 17.2. The van der Waals surface area contributed by atoms with Gasteiger partial charge in [0.1, 0.15) is 23.8 Å². The zero-order chi connectivity index (χ0) is 23.2. The minimum atomic E-state index is -0.103. The average molecular weight is 442 g/mol. The Hall–Kier alpha value is -3.86. The van der Waals surface area contributed by atoms with E-state index < -0.39 is 0 Å². The van der Waals surface area contributed by atoms with Crippen LogP contribution in [0.1, 0.15) is 36.5 Å². The first-order valence-electron chi connectivity index (χ1n) is 11.0. The molecule has 1 heterocycles. The summed E-state index contributed by atoms with van der Waals surface area (Å²) in [6.45, 7) is 4.49. The largest absolute Gasteiger partial charge is 0.497 e. The Labute approximate surface area is 194 Å². The van der Waals surface area contributed by atoms with E-state index in [2.05, 4.69) is 4.98 Å². The molecule has 0 amide bonds. The van der Waals surface area contributed by atoms with Crippen molar-refractivity contribution >= 4 is 5.78 Å². The van der Waals surface area contributed by atoms with Crippen LogP contribution in [0.5, 0.6) is 11.5 Å². The number of benzene rings is 3. The van der Waals surface area contributed by atoms with Gasteiger partial charge in [-0.05, 0) is 60.0 Å². The molecule has 0 N–H and O–H groups in total. The molecule has 4 aromatic rings. The van der Waals surface area contributed by atoms with Gasteiger partial charge in [-0.2, -0.15) is 0 Å². The molecule has 0 aliphatic rings. The van der Waals surface area contributed by atoms with Crippen molar-refractivity contribution in [3.63, 3.8) is 0 Å². The van der Waals surface area contributed by atoms with Crippen LogP contribution in [0.4, 0.5) is 0 Å². The lowest BCUT2D eigenvalue weighted by molar-refractivity contribution is 0.0934. The molecule has 0 fully saturated rings. The fraction of sp³-hybridized carbons (Fsp3) is 0.214. The third kappa shape index (κ3) is 5.50. The first-order chi connectivity index (χ1) is 16.0. The van der Waals surface area contributed by atoms with E-state index in [0.29, 0.717) is 24.5 Å². The van der Waals surface area contributed by atoms with Crippen LogP contribution in [0.15, 0.2) is 83.3 Å². The number of hydrogen-bond donors (Lipinski definition) is 0. The van der Waals surface area contributed by atoms with Gasteiger partial charge >= 0.3 is 0 Å². The predicted molar refractivity (Wildman–Crippen MR) is 128 cm³/mol. The smallest absolute Gasteiger partial charge is 0.264 e. The molecule has 0 atom stereocenters. The number of oxazole rings is 1. The van der Waals surface area contributed by atoms with Gasteiger partial charge in [0, 0.05) is 17.5 Å². The summed E-state index contributed by atoms with van der Waals surface area (Å²) in [5.41, 5.74) is 3.40. The lowest BCUT2D eigenvalue weighted by Gasteiger charge is -2.07. The summed E-state index contributed by atoms with van der Waals surface area (Å²) in [5.74, 6) is 2.31. The number of methoxy groups -OCH3 is 1. The van der Waals surface area contributed by atoms with Crippen LogP contribution in [0, 0.1) is 5.92 Å². The molecule has 4 rings (SSSR count). The normalized spacial score (nSPS) is 10.9. The lowest BCUT2D eigenvalue weighted by atomic mass is 10.1. The molecule has 3 aromatic carbocycles. The Morgan fingerprint density at radius 3 is 2.15 bits per heavy atom. The SMILES string of the molecule is COc1ccc(-c2nc(C(=O)CC(C)C)oc2-c2ccc(OCc3ccccc3)cc2)cc1. The van der Waals surface area contributed by atoms with Gasteiger partial charge < -0.3 is 13.9 Å². The van der Waals surface area contributed by atoms with Gasteiger partial charge in [0.05, 0.1) is 7.11 Å². The number of nitrogens with zero attached hydrogens (tertiary/aromatic N) is 1. The van der Waals surface area contributed by atoms with Crippen molar-refractivity contribution in [2.45, 2.75) is 26.9 Å². The highest BCUT2D eigenvalue weighted by molar-refractivity contribution is 5.94. The molecule has 0 unspecified atom stereocenters. The number of ketones is 1. The van der Waals surface area contributed by atoms with Crippen LogP contribution >= 0.6 is 0 Å². The van der Waals surface area contributed by atoms with Crippen LogP contribution in [0.2, 0.25) is 0 Å². The predicted octanol–water partition coefficient (Wildman–Crippen LogP) is 6.83. The van der Waals surface area contributed by atoms with E-state index in [1.165, 1.54) is 0 Å². The topological polar surface area (TPSA) is 61.6 Å². The summed E-state index contributed by atoms with van der Waals surface area (Å²) in [6, 6.07) is 25.2. The van der Waals surface area contributed by atoms with Crippen LogP contribution in [0.3, 0.4) is 0 Å². The van der Waals surface area contributed by atoms with Crippen molar-refractivity contribution in [3.8, 4) is 34.1 Å². The Kier molecular flexibility index (Phi) is 6.89. The van der Waals surface area contributed by atoms with E-state index in [9.17, 15) is 4.79 Å². The van der Waals surface area contributed by atoms with E-state index in [4.69, 9.17) is 13.9 Å². The Morgan fingerprint density at radius 1 is 0.879 bits per heavy atom. The van der Waals surface area contributed by atoms with Gasteiger partial charge in [0.2, 0.25) is 5.78 Å². The molecule has 5 heteroatoms. The van der Waals surface area contributed by atoms with Crippen molar-refractivity contribution in [1.29, 1.82) is 0 Å². The quantitative estimate of drug-likeness (QED) is 0.267. The third-order valence-electron chi connectivity index (χ3n) is 5.19. The summed E-state index contributed by atoms with van der Waals surface area (Å²) in [7, 11) is 1.63. The zero-order valence-corrected chi connectivity index (χ0v) is 19.1. The van der Waals surface area contributed by atoms with Crippen molar-refractivity contribution in [3.05, 3.63) is 90.3 Å². The van der Waals surface area contributed by atoms with Crippen molar-refractivity contribution < 1.29 is 18.7 Å². The first kappa shape index (κ1) is 22.3. The molecule has 33 heavy (non-hydrogen) atoms. The van der Waals surface area contributed by atoms with Crippen molar-refractivity contribution in [2.75, 3.05) is 7.11 Å².